The summed E-state index contributed by atoms with van der Waals surface area (Å²) in [4.78, 5) is 0. The fraction of sp³-hybridized carbons (Fsp3) is 0.727. The molecule has 0 aliphatic carbocycles. The molecular weight excluding hydrogens is 174 g/mol. The lowest BCUT2D eigenvalue weighted by Crippen LogP contribution is -2.14. The first-order valence-electron chi connectivity index (χ1n) is 5.55. The van der Waals surface area contributed by atoms with E-state index >= 15 is 0 Å². The van der Waals surface area contributed by atoms with Crippen LogP contribution in [0.2, 0.25) is 0 Å². The molecule has 1 N–H and O–H groups in total. The third-order valence-corrected chi connectivity index (χ3v) is 2.36. The number of nitrogens with one attached hydrogen (secondary N) is 1. The highest BCUT2D eigenvalue weighted by atomic mass is 15.3. The van der Waals surface area contributed by atoms with Gasteiger partial charge in [-0.05, 0) is 20.3 Å². The Hall–Kier alpha value is -0.990. The quantitative estimate of drug-likeness (QED) is 0.756. The highest BCUT2D eigenvalue weighted by Crippen LogP contribution is 2.10. The smallest absolute Gasteiger partial charge is 0.0728 e. The molecule has 1 aromatic heterocycles. The standard InChI is InChI=1S/C11H21N3/c1-4-6-7-10(3)13-11-8-12-14(5-2)9-11/h8-10,13H,4-7H2,1-3H3. The summed E-state index contributed by atoms with van der Waals surface area (Å²) in [6.07, 6.45) is 7.73. The van der Waals surface area contributed by atoms with Crippen LogP contribution < -0.4 is 5.32 Å². The summed E-state index contributed by atoms with van der Waals surface area (Å²) >= 11 is 0. The second-order valence-corrected chi connectivity index (χ2v) is 3.77. The second kappa shape index (κ2) is 5.68. The Morgan fingerprint density at radius 1 is 1.50 bits per heavy atom. The molecule has 1 rings (SSSR count). The van der Waals surface area contributed by atoms with Gasteiger partial charge in [-0.1, -0.05) is 19.8 Å². The highest BCUT2D eigenvalue weighted by Gasteiger charge is 2.02. The van der Waals surface area contributed by atoms with Gasteiger partial charge < -0.3 is 5.32 Å². The molecule has 0 aromatic carbocycles. The number of unbranched alkanes of at least 4 members (excludes halogenated alkanes) is 1. The van der Waals surface area contributed by atoms with Crippen LogP contribution in [0, 0.1) is 0 Å². The molecule has 1 aromatic rings. The molecule has 3 nitrogen and oxygen atoms in total. The fourth-order valence-corrected chi connectivity index (χ4v) is 1.48. The van der Waals surface area contributed by atoms with Crippen LogP contribution in [0.1, 0.15) is 40.0 Å². The van der Waals surface area contributed by atoms with Gasteiger partial charge in [0.2, 0.25) is 0 Å². The Labute approximate surface area is 86.5 Å². The van der Waals surface area contributed by atoms with Crippen LogP contribution in [0.15, 0.2) is 12.4 Å². The fourth-order valence-electron chi connectivity index (χ4n) is 1.48. The van der Waals surface area contributed by atoms with Crippen molar-refractivity contribution in [3.63, 3.8) is 0 Å². The zero-order chi connectivity index (χ0) is 10.4. The van der Waals surface area contributed by atoms with Gasteiger partial charge in [-0.3, -0.25) is 4.68 Å². The molecule has 0 radical (unpaired) electrons. The van der Waals surface area contributed by atoms with Crippen molar-refractivity contribution in [2.24, 2.45) is 0 Å². The average molecular weight is 195 g/mol. The molecule has 0 saturated heterocycles. The van der Waals surface area contributed by atoms with Gasteiger partial charge in [-0.2, -0.15) is 5.10 Å². The van der Waals surface area contributed by atoms with Crippen LogP contribution in [0.25, 0.3) is 0 Å². The summed E-state index contributed by atoms with van der Waals surface area (Å²) in [5.74, 6) is 0. The number of nitrogens with zero attached hydrogens (tertiary/aromatic N) is 2. The first-order chi connectivity index (χ1) is 6.76. The van der Waals surface area contributed by atoms with Crippen molar-refractivity contribution in [2.45, 2.75) is 52.6 Å². The van der Waals surface area contributed by atoms with Crippen molar-refractivity contribution in [1.82, 2.24) is 9.78 Å². The van der Waals surface area contributed by atoms with Crippen molar-refractivity contribution >= 4 is 5.69 Å². The monoisotopic (exact) mass is 195 g/mol. The topological polar surface area (TPSA) is 29.9 Å². The molecule has 0 aliphatic rings. The van der Waals surface area contributed by atoms with E-state index in [2.05, 4.69) is 37.4 Å². The molecule has 14 heavy (non-hydrogen) atoms. The van der Waals surface area contributed by atoms with Crippen molar-refractivity contribution in [3.8, 4) is 0 Å². The van der Waals surface area contributed by atoms with E-state index in [-0.39, 0.29) is 0 Å². The van der Waals surface area contributed by atoms with Gasteiger partial charge in [0, 0.05) is 18.8 Å². The number of aromatic nitrogens is 2. The molecule has 1 unspecified atom stereocenters. The highest BCUT2D eigenvalue weighted by molar-refractivity contribution is 5.38. The van der Waals surface area contributed by atoms with Crippen molar-refractivity contribution in [3.05, 3.63) is 12.4 Å². The number of aryl methyl sites for hydroxylation is 1. The maximum Gasteiger partial charge on any atom is 0.0728 e. The van der Waals surface area contributed by atoms with Crippen molar-refractivity contribution in [2.75, 3.05) is 5.32 Å². The first kappa shape index (κ1) is 11.1. The van der Waals surface area contributed by atoms with Crippen LogP contribution in [0.5, 0.6) is 0 Å². The number of hydrogen-bond acceptors (Lipinski definition) is 2. The van der Waals surface area contributed by atoms with Gasteiger partial charge >= 0.3 is 0 Å². The zero-order valence-corrected chi connectivity index (χ0v) is 9.45. The molecule has 1 atom stereocenters. The van der Waals surface area contributed by atoms with Crippen molar-refractivity contribution < 1.29 is 0 Å². The number of rotatable bonds is 6. The Morgan fingerprint density at radius 2 is 2.29 bits per heavy atom. The molecule has 0 amide bonds. The molecule has 0 aliphatic heterocycles. The van der Waals surface area contributed by atoms with E-state index in [0.717, 1.165) is 12.2 Å². The van der Waals surface area contributed by atoms with E-state index in [9.17, 15) is 0 Å². The summed E-state index contributed by atoms with van der Waals surface area (Å²) in [6.45, 7) is 7.48. The minimum absolute atomic E-state index is 0.546. The van der Waals surface area contributed by atoms with Crippen molar-refractivity contribution in [1.29, 1.82) is 0 Å². The lowest BCUT2D eigenvalue weighted by atomic mass is 10.1. The average Bonchev–Trinajstić information content (AvgIpc) is 2.62. The normalized spacial score (nSPS) is 12.8. The third-order valence-electron chi connectivity index (χ3n) is 2.36. The lowest BCUT2D eigenvalue weighted by molar-refractivity contribution is 0.643. The van der Waals surface area contributed by atoms with E-state index in [4.69, 9.17) is 0 Å². The van der Waals surface area contributed by atoms with Crippen LogP contribution in [-0.2, 0) is 6.54 Å². The first-order valence-corrected chi connectivity index (χ1v) is 5.55. The van der Waals surface area contributed by atoms with Gasteiger partial charge in [0.15, 0.2) is 0 Å². The summed E-state index contributed by atoms with van der Waals surface area (Å²) < 4.78 is 1.94. The van der Waals surface area contributed by atoms with E-state index in [1.165, 1.54) is 19.3 Å². The number of anilines is 1. The Kier molecular flexibility index (Phi) is 4.50. The van der Waals surface area contributed by atoms with Gasteiger partial charge in [0.05, 0.1) is 11.9 Å². The molecular formula is C11H21N3. The van der Waals surface area contributed by atoms with Crippen LogP contribution in [0.4, 0.5) is 5.69 Å². The Morgan fingerprint density at radius 3 is 2.86 bits per heavy atom. The van der Waals surface area contributed by atoms with Gasteiger partial charge in [-0.25, -0.2) is 0 Å². The van der Waals surface area contributed by atoms with Crippen LogP contribution in [-0.4, -0.2) is 15.8 Å². The van der Waals surface area contributed by atoms with E-state index < -0.39 is 0 Å². The van der Waals surface area contributed by atoms with Crippen LogP contribution >= 0.6 is 0 Å². The largest absolute Gasteiger partial charge is 0.380 e. The maximum absolute atomic E-state index is 4.22. The maximum atomic E-state index is 4.22. The Balaban J connectivity index is 2.35. The molecule has 0 bridgehead atoms. The lowest BCUT2D eigenvalue weighted by Gasteiger charge is -2.12. The molecule has 0 spiro atoms. The van der Waals surface area contributed by atoms with Gasteiger partial charge in [0.1, 0.15) is 0 Å². The van der Waals surface area contributed by atoms with E-state index in [0.29, 0.717) is 6.04 Å². The minimum atomic E-state index is 0.546. The number of hydrogen-bond donors (Lipinski definition) is 1. The van der Waals surface area contributed by atoms with Crippen LogP contribution in [0.3, 0.4) is 0 Å². The van der Waals surface area contributed by atoms with E-state index in [1.54, 1.807) is 0 Å². The predicted octanol–water partition coefficient (Wildman–Crippen LogP) is 2.89. The molecule has 1 heterocycles. The molecule has 3 heteroatoms. The predicted molar refractivity (Wildman–Crippen MR) is 60.5 cm³/mol. The van der Waals surface area contributed by atoms with Gasteiger partial charge in [0.25, 0.3) is 0 Å². The van der Waals surface area contributed by atoms with E-state index in [1.807, 2.05) is 10.9 Å². The summed E-state index contributed by atoms with van der Waals surface area (Å²) in [7, 11) is 0. The summed E-state index contributed by atoms with van der Waals surface area (Å²) in [5.41, 5.74) is 1.13. The minimum Gasteiger partial charge on any atom is -0.380 e. The van der Waals surface area contributed by atoms with Gasteiger partial charge in [-0.15, -0.1) is 0 Å². The summed E-state index contributed by atoms with van der Waals surface area (Å²) in [5, 5.41) is 7.67. The SMILES string of the molecule is CCCCC(C)Nc1cnn(CC)c1. The molecule has 0 fully saturated rings. The molecule has 80 valence electrons. The second-order valence-electron chi connectivity index (χ2n) is 3.77. The third kappa shape index (κ3) is 3.40. The Bertz CT molecular complexity index is 255. The zero-order valence-electron chi connectivity index (χ0n) is 9.45. The summed E-state index contributed by atoms with van der Waals surface area (Å²) in [6, 6.07) is 0.546. The molecule has 0 saturated carbocycles.